The van der Waals surface area contributed by atoms with E-state index in [1.807, 2.05) is 6.92 Å². The molecule has 0 aliphatic carbocycles. The van der Waals surface area contributed by atoms with Crippen LogP contribution in [-0.2, 0) is 42.7 Å². The van der Waals surface area contributed by atoms with Gasteiger partial charge in [-0.15, -0.1) is 0 Å². The monoisotopic (exact) mass is 652 g/mol. The van der Waals surface area contributed by atoms with Gasteiger partial charge in [0.1, 0.15) is 18.2 Å². The molecular weight excluding hydrogens is 592 g/mol. The van der Waals surface area contributed by atoms with Crippen LogP contribution >= 0.6 is 0 Å². The van der Waals surface area contributed by atoms with Gasteiger partial charge in [0.2, 0.25) is 5.91 Å². The highest BCUT2D eigenvalue weighted by Crippen LogP contribution is 2.33. The van der Waals surface area contributed by atoms with Crippen LogP contribution in [0.3, 0.4) is 0 Å². The van der Waals surface area contributed by atoms with Crippen molar-refractivity contribution in [2.45, 2.75) is 108 Å². The standard InChI is InChI=1S/C30H60N4O11/c1-20-22(8-4-6-12-39-16-18-41-14-10-31)43-29(24(33)26(20)36)45-28-23(9-5-7-13-40-17-19-42-15-11-32)44-30(38-3)25(27(28)37)34-21(2)35/h20,22-30,36-37H,4-19,31-33H2,1-3H3,(H,34,35). The van der Waals surface area contributed by atoms with Crippen LogP contribution in [0.4, 0.5) is 0 Å². The largest absolute Gasteiger partial charge is 0.391 e. The Morgan fingerprint density at radius 1 is 0.756 bits per heavy atom. The van der Waals surface area contributed by atoms with Gasteiger partial charge in [-0.25, -0.2) is 0 Å². The molecule has 2 rings (SSSR count). The molecule has 45 heavy (non-hydrogen) atoms. The minimum Gasteiger partial charge on any atom is -0.391 e. The first-order valence-electron chi connectivity index (χ1n) is 16.3. The molecule has 2 aliphatic heterocycles. The second kappa shape index (κ2) is 23.3. The van der Waals surface area contributed by atoms with Gasteiger partial charge in [-0.2, -0.15) is 0 Å². The zero-order valence-corrected chi connectivity index (χ0v) is 27.4. The molecule has 0 aromatic carbocycles. The van der Waals surface area contributed by atoms with E-state index in [4.69, 9.17) is 55.1 Å². The van der Waals surface area contributed by atoms with Gasteiger partial charge in [-0.1, -0.05) is 6.92 Å². The van der Waals surface area contributed by atoms with Gasteiger partial charge in [-0.3, -0.25) is 4.79 Å². The lowest BCUT2D eigenvalue weighted by Gasteiger charge is -2.48. The SMILES string of the molecule is COC1OC(CCCCOCCOCCN)C(OC2OC(CCCCOCCOCCN)C(C)C(O)C2N)C(O)C1NC(C)=O. The maximum Gasteiger partial charge on any atom is 0.217 e. The minimum absolute atomic E-state index is 0.223. The predicted molar refractivity (Wildman–Crippen MR) is 165 cm³/mol. The Balaban J connectivity index is 1.98. The van der Waals surface area contributed by atoms with Gasteiger partial charge in [0.25, 0.3) is 0 Å². The molecule has 2 heterocycles. The van der Waals surface area contributed by atoms with E-state index in [2.05, 4.69) is 5.32 Å². The van der Waals surface area contributed by atoms with Crippen LogP contribution in [0.2, 0.25) is 0 Å². The molecule has 1 amide bonds. The van der Waals surface area contributed by atoms with Crippen molar-refractivity contribution in [1.29, 1.82) is 0 Å². The molecule has 10 unspecified atom stereocenters. The molecule has 2 aliphatic rings. The fourth-order valence-electron chi connectivity index (χ4n) is 5.55. The van der Waals surface area contributed by atoms with Crippen molar-refractivity contribution in [2.75, 3.05) is 73.1 Å². The molecule has 9 N–H and O–H groups in total. The second-order valence-electron chi connectivity index (χ2n) is 11.6. The summed E-state index contributed by atoms with van der Waals surface area (Å²) in [5.41, 5.74) is 17.2. The first-order chi connectivity index (χ1) is 21.7. The van der Waals surface area contributed by atoms with Crippen molar-refractivity contribution in [3.05, 3.63) is 0 Å². The van der Waals surface area contributed by atoms with E-state index in [0.717, 1.165) is 19.3 Å². The number of hydrogen-bond donors (Lipinski definition) is 6. The number of hydrogen-bond acceptors (Lipinski definition) is 14. The maximum absolute atomic E-state index is 12.0. The Labute approximate surface area is 268 Å². The molecule has 0 aromatic heterocycles. The number of carbonyl (C=O) groups is 1. The number of nitrogens with one attached hydrogen (secondary N) is 1. The highest BCUT2D eigenvalue weighted by molar-refractivity contribution is 5.73. The fourth-order valence-corrected chi connectivity index (χ4v) is 5.55. The molecule has 0 radical (unpaired) electrons. The normalized spacial score (nSPS) is 32.1. The summed E-state index contributed by atoms with van der Waals surface area (Å²) in [5, 5.41) is 25.2. The molecular formula is C30H60N4O11. The Kier molecular flexibility index (Phi) is 20.8. The predicted octanol–water partition coefficient (Wildman–Crippen LogP) is -1.02. The van der Waals surface area contributed by atoms with E-state index in [0.29, 0.717) is 85.2 Å². The molecule has 0 spiro atoms. The Bertz CT molecular complexity index is 773. The molecule has 0 aromatic rings. The van der Waals surface area contributed by atoms with E-state index < -0.39 is 49.1 Å². The van der Waals surface area contributed by atoms with Crippen molar-refractivity contribution < 1.29 is 52.9 Å². The Hall–Kier alpha value is -1.05. The van der Waals surface area contributed by atoms with Gasteiger partial charge in [0.15, 0.2) is 12.6 Å². The van der Waals surface area contributed by atoms with Gasteiger partial charge in [0, 0.05) is 46.3 Å². The molecule has 2 fully saturated rings. The molecule has 0 bridgehead atoms. The van der Waals surface area contributed by atoms with E-state index in [1.54, 1.807) is 0 Å². The number of aliphatic hydroxyl groups is 2. The fraction of sp³-hybridized carbons (Fsp3) is 0.967. The number of unbranched alkanes of at least 4 members (excludes halogenated alkanes) is 2. The molecule has 0 saturated carbocycles. The van der Waals surface area contributed by atoms with Crippen LogP contribution in [0, 0.1) is 5.92 Å². The number of nitrogens with two attached hydrogens (primary N) is 3. The molecule has 15 heteroatoms. The number of rotatable bonds is 24. The minimum atomic E-state index is -1.19. The van der Waals surface area contributed by atoms with Crippen LogP contribution in [0.5, 0.6) is 0 Å². The smallest absolute Gasteiger partial charge is 0.217 e. The quantitative estimate of drug-likeness (QED) is 0.0688. The summed E-state index contributed by atoms with van der Waals surface area (Å²) in [7, 11) is 1.45. The van der Waals surface area contributed by atoms with Gasteiger partial charge in [0.05, 0.1) is 64.0 Å². The van der Waals surface area contributed by atoms with Crippen LogP contribution in [0.25, 0.3) is 0 Å². The Morgan fingerprint density at radius 2 is 1.27 bits per heavy atom. The van der Waals surface area contributed by atoms with Gasteiger partial charge >= 0.3 is 0 Å². The Morgan fingerprint density at radius 3 is 1.78 bits per heavy atom. The number of ether oxygens (including phenoxy) is 8. The number of carbonyl (C=O) groups excluding carboxylic acids is 1. The third-order valence-corrected chi connectivity index (χ3v) is 8.03. The summed E-state index contributed by atoms with van der Waals surface area (Å²) in [5.74, 6) is -0.573. The number of methoxy groups -OCH3 is 1. The molecule has 266 valence electrons. The van der Waals surface area contributed by atoms with Gasteiger partial charge < -0.3 is 70.6 Å². The highest BCUT2D eigenvalue weighted by Gasteiger charge is 2.50. The zero-order chi connectivity index (χ0) is 33.0. The van der Waals surface area contributed by atoms with Crippen LogP contribution in [0.15, 0.2) is 0 Å². The van der Waals surface area contributed by atoms with Gasteiger partial charge in [-0.05, 0) is 38.5 Å². The third-order valence-electron chi connectivity index (χ3n) is 8.03. The molecule has 2 saturated heterocycles. The van der Waals surface area contributed by atoms with E-state index in [1.165, 1.54) is 14.0 Å². The van der Waals surface area contributed by atoms with Crippen LogP contribution in [-0.4, -0.2) is 144 Å². The van der Waals surface area contributed by atoms with Crippen LogP contribution in [0.1, 0.15) is 52.4 Å². The van der Waals surface area contributed by atoms with Crippen LogP contribution < -0.4 is 22.5 Å². The van der Waals surface area contributed by atoms with E-state index in [9.17, 15) is 15.0 Å². The summed E-state index contributed by atoms with van der Waals surface area (Å²) in [6.07, 6.45) is -1.52. The molecule has 15 nitrogen and oxygen atoms in total. The third kappa shape index (κ3) is 14.3. The lowest BCUT2D eigenvalue weighted by Crippen LogP contribution is -2.67. The first kappa shape index (κ1) is 40.1. The summed E-state index contributed by atoms with van der Waals surface area (Å²) < 4.78 is 46.2. The summed E-state index contributed by atoms with van der Waals surface area (Å²) in [6.45, 7) is 8.32. The first-order valence-corrected chi connectivity index (χ1v) is 16.3. The zero-order valence-electron chi connectivity index (χ0n) is 27.4. The summed E-state index contributed by atoms with van der Waals surface area (Å²) in [4.78, 5) is 12.0. The average Bonchev–Trinajstić information content (AvgIpc) is 3.02. The van der Waals surface area contributed by atoms with Crippen molar-refractivity contribution >= 4 is 5.91 Å². The summed E-state index contributed by atoms with van der Waals surface area (Å²) >= 11 is 0. The lowest BCUT2D eigenvalue weighted by atomic mass is 9.87. The number of aliphatic hydroxyl groups excluding tert-OH is 2. The van der Waals surface area contributed by atoms with Crippen molar-refractivity contribution in [2.24, 2.45) is 23.1 Å². The van der Waals surface area contributed by atoms with Crippen molar-refractivity contribution in [1.82, 2.24) is 5.32 Å². The maximum atomic E-state index is 12.0. The van der Waals surface area contributed by atoms with E-state index >= 15 is 0 Å². The van der Waals surface area contributed by atoms with Crippen molar-refractivity contribution in [3.63, 3.8) is 0 Å². The second-order valence-corrected chi connectivity index (χ2v) is 11.6. The lowest BCUT2D eigenvalue weighted by molar-refractivity contribution is -0.320. The van der Waals surface area contributed by atoms with E-state index in [-0.39, 0.29) is 17.9 Å². The highest BCUT2D eigenvalue weighted by atomic mass is 16.7. The summed E-state index contributed by atoms with van der Waals surface area (Å²) in [6, 6.07) is -1.74. The molecule has 10 atom stereocenters. The average molecular weight is 653 g/mol. The van der Waals surface area contributed by atoms with Crippen molar-refractivity contribution in [3.8, 4) is 0 Å². The topological polar surface area (TPSA) is 221 Å². The number of amides is 1.